The number of nitrogens with zero attached hydrogens (tertiary/aromatic N) is 4. The molecule has 59 heavy (non-hydrogen) atoms. The minimum absolute atomic E-state index is 0.0238. The Bertz CT molecular complexity index is 2160. The van der Waals surface area contributed by atoms with Crippen LogP contribution in [0, 0.1) is 34.5 Å². The van der Waals surface area contributed by atoms with Crippen LogP contribution in [0.25, 0.3) is 22.3 Å². The van der Waals surface area contributed by atoms with Gasteiger partial charge in [0.05, 0.1) is 24.9 Å². The van der Waals surface area contributed by atoms with Gasteiger partial charge >= 0.3 is 12.1 Å². The summed E-state index contributed by atoms with van der Waals surface area (Å²) in [5.74, 6) is 0.165. The van der Waals surface area contributed by atoms with Gasteiger partial charge in [-0.1, -0.05) is 45.7 Å². The SMILES string of the molecule is CC[C@@H]1C[C@]1(NC(=O)[C@@H]1C[C@H](Oc2cc(-c3csc(NC(C)C)n3)nc3c(Cl)c(OCC#N)ccc23)CN1C(=O)C(NC(=O)OC1C[C@@H]2C[C@@H]2C1)C(C)(C)C)C(=O)OC. The molecular formula is C42H52ClN7O8S. The van der Waals surface area contributed by atoms with E-state index in [9.17, 15) is 19.2 Å². The molecule has 15 nitrogen and oxygen atoms in total. The van der Waals surface area contributed by atoms with Crippen molar-refractivity contribution in [1.29, 1.82) is 5.26 Å². The van der Waals surface area contributed by atoms with Gasteiger partial charge in [0.2, 0.25) is 11.8 Å². The number of amides is 3. The lowest BCUT2D eigenvalue weighted by Crippen LogP contribution is -2.59. The van der Waals surface area contributed by atoms with E-state index in [1.165, 1.54) is 29.8 Å². The van der Waals surface area contributed by atoms with Gasteiger partial charge in [0.1, 0.15) is 58.1 Å². The number of esters is 1. The summed E-state index contributed by atoms with van der Waals surface area (Å²) in [5.41, 5.74) is -0.616. The number of carbonyl (C=O) groups excluding carboxylic acids is 4. The predicted octanol–water partition coefficient (Wildman–Crippen LogP) is 6.48. The first-order valence-electron chi connectivity index (χ1n) is 20.2. The zero-order valence-corrected chi connectivity index (χ0v) is 36.0. The van der Waals surface area contributed by atoms with E-state index in [0.29, 0.717) is 57.8 Å². The molecule has 0 bridgehead atoms. The van der Waals surface area contributed by atoms with Crippen LogP contribution in [0.15, 0.2) is 23.6 Å². The van der Waals surface area contributed by atoms with Gasteiger partial charge < -0.3 is 39.8 Å². The highest BCUT2D eigenvalue weighted by molar-refractivity contribution is 7.14. The maximum absolute atomic E-state index is 14.8. The highest BCUT2D eigenvalue weighted by Gasteiger charge is 2.62. The molecule has 3 aliphatic carbocycles. The number of hydrogen-bond acceptors (Lipinski definition) is 13. The predicted molar refractivity (Wildman–Crippen MR) is 221 cm³/mol. The Morgan fingerprint density at radius 3 is 2.46 bits per heavy atom. The summed E-state index contributed by atoms with van der Waals surface area (Å²) in [6, 6.07) is 5.07. The van der Waals surface area contributed by atoms with Crippen LogP contribution in [0.4, 0.5) is 9.93 Å². The fourth-order valence-electron chi connectivity index (χ4n) is 8.55. The average molecular weight is 850 g/mol. The molecule has 17 heteroatoms. The first-order valence-corrected chi connectivity index (χ1v) is 21.5. The van der Waals surface area contributed by atoms with Gasteiger partial charge in [0, 0.05) is 29.3 Å². The number of ether oxygens (including phenoxy) is 4. The molecule has 3 amide bonds. The number of halogens is 1. The quantitative estimate of drug-likeness (QED) is 0.150. The molecule has 3 N–H and O–H groups in total. The summed E-state index contributed by atoms with van der Waals surface area (Å²) < 4.78 is 23.2. The lowest BCUT2D eigenvalue weighted by atomic mass is 9.85. The molecule has 3 saturated carbocycles. The lowest BCUT2D eigenvalue weighted by molar-refractivity contribution is -0.148. The summed E-state index contributed by atoms with van der Waals surface area (Å²) in [6.07, 6.45) is 2.34. The van der Waals surface area contributed by atoms with E-state index in [4.69, 9.17) is 45.8 Å². The molecule has 2 aromatic heterocycles. The summed E-state index contributed by atoms with van der Waals surface area (Å²) in [5, 5.41) is 21.5. The number of alkyl carbamates (subject to hydrolysis) is 1. The van der Waals surface area contributed by atoms with Crippen LogP contribution in [0.1, 0.15) is 80.1 Å². The van der Waals surface area contributed by atoms with Gasteiger partial charge in [-0.15, -0.1) is 11.3 Å². The van der Waals surface area contributed by atoms with Crippen molar-refractivity contribution >= 4 is 62.8 Å². The smallest absolute Gasteiger partial charge is 0.408 e. The number of rotatable bonds is 14. The van der Waals surface area contributed by atoms with Crippen molar-refractivity contribution in [2.45, 2.75) is 116 Å². The van der Waals surface area contributed by atoms with Gasteiger partial charge in [-0.2, -0.15) is 5.26 Å². The largest absolute Gasteiger partial charge is 0.488 e. The van der Waals surface area contributed by atoms with E-state index in [1.807, 2.05) is 53.0 Å². The molecule has 1 aliphatic heterocycles. The third-order valence-corrected chi connectivity index (χ3v) is 12.9. The summed E-state index contributed by atoms with van der Waals surface area (Å²) in [6.45, 7) is 11.2. The third kappa shape index (κ3) is 8.87. The molecule has 0 spiro atoms. The Hall–Kier alpha value is -4.88. The van der Waals surface area contributed by atoms with Gasteiger partial charge in [-0.25, -0.2) is 19.6 Å². The molecule has 4 aliphatic rings. The molecule has 7 rings (SSSR count). The van der Waals surface area contributed by atoms with Crippen LogP contribution in [0.3, 0.4) is 0 Å². The van der Waals surface area contributed by atoms with E-state index in [1.54, 1.807) is 18.2 Å². The normalized spacial score (nSPS) is 26.1. The van der Waals surface area contributed by atoms with Crippen LogP contribution in [-0.2, 0) is 23.9 Å². The second-order valence-electron chi connectivity index (χ2n) is 17.5. The molecule has 3 heterocycles. The number of nitrogens with one attached hydrogen (secondary N) is 3. The second-order valence-corrected chi connectivity index (χ2v) is 18.7. The number of nitriles is 1. The van der Waals surface area contributed by atoms with E-state index in [-0.39, 0.29) is 48.4 Å². The van der Waals surface area contributed by atoms with Gasteiger partial charge in [-0.05, 0) is 74.8 Å². The van der Waals surface area contributed by atoms with Crippen LogP contribution < -0.4 is 25.4 Å². The number of methoxy groups -OCH3 is 1. The van der Waals surface area contributed by atoms with Crippen molar-refractivity contribution in [3.05, 3.63) is 28.6 Å². The Labute approximate surface area is 352 Å². The summed E-state index contributed by atoms with van der Waals surface area (Å²) >= 11 is 8.29. The van der Waals surface area contributed by atoms with Crippen molar-refractivity contribution in [3.63, 3.8) is 0 Å². The zero-order chi connectivity index (χ0) is 42.4. The number of pyridine rings is 1. The number of anilines is 1. The standard InChI is InChI=1S/C42H52ClN7O8S/c1-8-24-18-42(24,38(53)55-7)49-36(51)30-16-26(19-50(30)37(52)35(41(4,5)6)48-40(54)58-25-14-22-13-23(22)15-25)57-32-17-28(29-20-59-39(47-29)45-21(2)3)46-34-27(32)9-10-31(33(34)43)56-12-11-44/h9-10,17,20-26,30,35H,8,12-16,18-19H2,1-7H3,(H,45,47)(H,48,54)(H,49,51)/t22-,23+,24-,25?,26+,30+,35?,42-/m1/s1. The van der Waals surface area contributed by atoms with Crippen molar-refractivity contribution in [1.82, 2.24) is 25.5 Å². The monoisotopic (exact) mass is 849 g/mol. The van der Waals surface area contributed by atoms with Gasteiger partial charge in [0.15, 0.2) is 11.7 Å². The maximum atomic E-state index is 14.8. The topological polar surface area (TPSA) is 194 Å². The van der Waals surface area contributed by atoms with E-state index in [0.717, 1.165) is 12.8 Å². The first-order chi connectivity index (χ1) is 28.0. The van der Waals surface area contributed by atoms with E-state index in [2.05, 4.69) is 16.0 Å². The van der Waals surface area contributed by atoms with Gasteiger partial charge in [-0.3, -0.25) is 9.59 Å². The number of aromatic nitrogens is 2. The van der Waals surface area contributed by atoms with Crippen LogP contribution in [0.2, 0.25) is 5.02 Å². The molecule has 1 saturated heterocycles. The van der Waals surface area contributed by atoms with Crippen molar-refractivity contribution < 1.29 is 38.1 Å². The minimum Gasteiger partial charge on any atom is -0.488 e. The number of benzene rings is 1. The molecule has 3 aromatic rings. The Morgan fingerprint density at radius 1 is 1.07 bits per heavy atom. The van der Waals surface area contributed by atoms with E-state index < -0.39 is 53.0 Å². The summed E-state index contributed by atoms with van der Waals surface area (Å²) in [4.78, 5) is 66.6. The number of thiazole rings is 1. The third-order valence-electron chi connectivity index (χ3n) is 11.8. The molecule has 8 atom stereocenters. The molecule has 4 fully saturated rings. The number of hydrogen-bond donors (Lipinski definition) is 3. The highest BCUT2D eigenvalue weighted by Crippen LogP contribution is 2.52. The van der Waals surface area contributed by atoms with E-state index >= 15 is 0 Å². The number of carbonyl (C=O) groups is 4. The van der Waals surface area contributed by atoms with Crippen LogP contribution >= 0.6 is 22.9 Å². The van der Waals surface area contributed by atoms with Crippen molar-refractivity contribution in [2.24, 2.45) is 23.2 Å². The van der Waals surface area contributed by atoms with Crippen LogP contribution in [0.5, 0.6) is 11.5 Å². The fourth-order valence-corrected chi connectivity index (χ4v) is 9.67. The maximum Gasteiger partial charge on any atom is 0.408 e. The molecule has 2 unspecified atom stereocenters. The van der Waals surface area contributed by atoms with Crippen LogP contribution in [-0.4, -0.2) is 94.9 Å². The molecular weight excluding hydrogens is 798 g/mol. The number of likely N-dealkylation sites (tertiary alicyclic amines) is 1. The Morgan fingerprint density at radius 2 is 1.81 bits per heavy atom. The Kier molecular flexibility index (Phi) is 11.9. The minimum atomic E-state index is -1.20. The van der Waals surface area contributed by atoms with Gasteiger partial charge in [0.25, 0.3) is 0 Å². The summed E-state index contributed by atoms with van der Waals surface area (Å²) in [7, 11) is 1.29. The van der Waals surface area contributed by atoms with Crippen molar-refractivity contribution in [3.8, 4) is 29.0 Å². The lowest BCUT2D eigenvalue weighted by Gasteiger charge is -2.35. The number of fused-ring (bicyclic) bond motifs is 2. The molecule has 316 valence electrons. The highest BCUT2D eigenvalue weighted by atomic mass is 35.5. The Balaban J connectivity index is 1.21. The molecule has 1 aromatic carbocycles. The second kappa shape index (κ2) is 16.6. The molecule has 0 radical (unpaired) electrons. The average Bonchev–Trinajstić information content (AvgIpc) is 3.85. The van der Waals surface area contributed by atoms with Crippen molar-refractivity contribution in [2.75, 3.05) is 25.6 Å². The fraction of sp³-hybridized carbons (Fsp3) is 0.595. The zero-order valence-electron chi connectivity index (χ0n) is 34.4. The first kappa shape index (κ1) is 42.3.